The van der Waals surface area contributed by atoms with Crippen LogP contribution in [0.3, 0.4) is 0 Å². The van der Waals surface area contributed by atoms with Crippen LogP contribution in [-0.4, -0.2) is 29.5 Å². The summed E-state index contributed by atoms with van der Waals surface area (Å²) in [6, 6.07) is 17.6. The van der Waals surface area contributed by atoms with Crippen LogP contribution in [0.4, 0.5) is 5.69 Å². The normalized spacial score (nSPS) is 16.7. The highest BCUT2D eigenvalue weighted by atomic mass is 32.2. The predicted octanol–water partition coefficient (Wildman–Crippen LogP) is 3.40. The van der Waals surface area contributed by atoms with E-state index in [-0.39, 0.29) is 24.2 Å². The lowest BCUT2D eigenvalue weighted by Crippen LogP contribution is -2.32. The van der Waals surface area contributed by atoms with Crippen molar-refractivity contribution < 1.29 is 9.59 Å². The van der Waals surface area contributed by atoms with Crippen LogP contribution in [-0.2, 0) is 16.1 Å². The first-order valence-corrected chi connectivity index (χ1v) is 8.92. The molecule has 0 fully saturated rings. The lowest BCUT2D eigenvalue weighted by atomic mass is 10.1. The Hall–Kier alpha value is -2.27. The molecule has 0 aliphatic carbocycles. The number of amides is 2. The lowest BCUT2D eigenvalue weighted by molar-refractivity contribution is -0.133. The number of thioether (sulfide) groups is 1. The van der Waals surface area contributed by atoms with Gasteiger partial charge in [-0.2, -0.15) is 0 Å². The third-order valence-corrected chi connectivity index (χ3v) is 5.30. The molecule has 5 heteroatoms. The zero-order valence-corrected chi connectivity index (χ0v) is 14.4. The van der Waals surface area contributed by atoms with E-state index < -0.39 is 0 Å². The number of para-hydroxylation sites is 1. The van der Waals surface area contributed by atoms with Crippen LogP contribution in [0.2, 0.25) is 0 Å². The van der Waals surface area contributed by atoms with E-state index >= 15 is 0 Å². The minimum atomic E-state index is -0.312. The molecule has 124 valence electrons. The molecule has 4 nitrogen and oxygen atoms in total. The second-order valence-electron chi connectivity index (χ2n) is 5.93. The van der Waals surface area contributed by atoms with E-state index in [1.165, 1.54) is 0 Å². The quantitative estimate of drug-likeness (QED) is 0.928. The van der Waals surface area contributed by atoms with Crippen LogP contribution in [0, 0.1) is 5.92 Å². The van der Waals surface area contributed by atoms with E-state index in [1.54, 1.807) is 23.7 Å². The van der Waals surface area contributed by atoms with Crippen molar-refractivity contribution in [2.75, 3.05) is 18.1 Å². The van der Waals surface area contributed by atoms with Crippen molar-refractivity contribution in [1.82, 2.24) is 4.90 Å². The van der Waals surface area contributed by atoms with Gasteiger partial charge in [-0.05, 0) is 17.7 Å². The van der Waals surface area contributed by atoms with Crippen molar-refractivity contribution in [2.24, 2.45) is 5.92 Å². The summed E-state index contributed by atoms with van der Waals surface area (Å²) < 4.78 is 0. The van der Waals surface area contributed by atoms with Crippen LogP contribution < -0.4 is 5.32 Å². The van der Waals surface area contributed by atoms with Crippen molar-refractivity contribution in [3.05, 3.63) is 60.2 Å². The first kappa shape index (κ1) is 16.6. The van der Waals surface area contributed by atoms with Crippen LogP contribution >= 0.6 is 11.8 Å². The van der Waals surface area contributed by atoms with Crippen LogP contribution in [0.15, 0.2) is 59.5 Å². The number of carbonyl (C=O) groups excluding carboxylic acids is 2. The summed E-state index contributed by atoms with van der Waals surface area (Å²) in [6.45, 7) is 0.557. The van der Waals surface area contributed by atoms with E-state index in [4.69, 9.17) is 0 Å². The summed E-state index contributed by atoms with van der Waals surface area (Å²) in [5.74, 6) is 0.223. The van der Waals surface area contributed by atoms with Crippen LogP contribution in [0.1, 0.15) is 12.0 Å². The molecule has 1 unspecified atom stereocenters. The Bertz CT molecular complexity index is 733. The van der Waals surface area contributed by atoms with E-state index in [1.807, 2.05) is 54.6 Å². The van der Waals surface area contributed by atoms with Gasteiger partial charge in [0.05, 0.1) is 11.6 Å². The van der Waals surface area contributed by atoms with Crippen molar-refractivity contribution in [1.29, 1.82) is 0 Å². The molecular formula is C19H20N2O2S. The van der Waals surface area contributed by atoms with Gasteiger partial charge in [-0.1, -0.05) is 42.5 Å². The number of benzene rings is 2. The maximum atomic E-state index is 12.5. The molecule has 24 heavy (non-hydrogen) atoms. The van der Waals surface area contributed by atoms with E-state index in [0.717, 1.165) is 16.1 Å². The number of nitrogens with one attached hydrogen (secondary N) is 1. The van der Waals surface area contributed by atoms with Gasteiger partial charge >= 0.3 is 0 Å². The molecule has 2 aromatic rings. The molecule has 1 aliphatic rings. The maximum Gasteiger partial charge on any atom is 0.228 e. The summed E-state index contributed by atoms with van der Waals surface area (Å²) in [5, 5.41) is 2.94. The third kappa shape index (κ3) is 3.97. The molecule has 0 bridgehead atoms. The van der Waals surface area contributed by atoms with Gasteiger partial charge in [0.2, 0.25) is 11.8 Å². The number of fused-ring (bicyclic) bond motifs is 1. The van der Waals surface area contributed by atoms with Crippen molar-refractivity contribution in [3.8, 4) is 0 Å². The largest absolute Gasteiger partial charge is 0.341 e. The smallest absolute Gasteiger partial charge is 0.228 e. The minimum Gasteiger partial charge on any atom is -0.341 e. The fraction of sp³-hybridized carbons (Fsp3) is 0.263. The molecule has 2 amide bonds. The number of hydrogen-bond acceptors (Lipinski definition) is 3. The molecule has 0 saturated heterocycles. The van der Waals surface area contributed by atoms with Gasteiger partial charge in [-0.25, -0.2) is 0 Å². The van der Waals surface area contributed by atoms with Gasteiger partial charge in [0.15, 0.2) is 0 Å². The van der Waals surface area contributed by atoms with Gasteiger partial charge in [-0.15, -0.1) is 11.8 Å². The van der Waals surface area contributed by atoms with Crippen molar-refractivity contribution >= 4 is 29.3 Å². The molecule has 3 rings (SSSR count). The van der Waals surface area contributed by atoms with E-state index in [0.29, 0.717) is 12.3 Å². The second kappa shape index (κ2) is 7.53. The van der Waals surface area contributed by atoms with E-state index in [9.17, 15) is 9.59 Å². The summed E-state index contributed by atoms with van der Waals surface area (Å²) in [6.07, 6.45) is 0.232. The summed E-state index contributed by atoms with van der Waals surface area (Å²) in [5.41, 5.74) is 1.92. The van der Waals surface area contributed by atoms with Gasteiger partial charge in [-0.3, -0.25) is 9.59 Å². The fourth-order valence-corrected chi connectivity index (χ4v) is 3.76. The van der Waals surface area contributed by atoms with Crippen LogP contribution in [0.5, 0.6) is 0 Å². The van der Waals surface area contributed by atoms with Crippen molar-refractivity contribution in [3.63, 3.8) is 0 Å². The first-order chi connectivity index (χ1) is 11.6. The molecular weight excluding hydrogens is 320 g/mol. The number of carbonyl (C=O) groups is 2. The van der Waals surface area contributed by atoms with Crippen LogP contribution in [0.25, 0.3) is 0 Å². The molecule has 0 radical (unpaired) electrons. The Morgan fingerprint density at radius 1 is 1.17 bits per heavy atom. The fourth-order valence-electron chi connectivity index (χ4n) is 2.66. The molecule has 2 aromatic carbocycles. The molecule has 1 heterocycles. The monoisotopic (exact) mass is 340 g/mol. The summed E-state index contributed by atoms with van der Waals surface area (Å²) in [4.78, 5) is 27.6. The molecule has 0 aromatic heterocycles. The molecule has 0 saturated carbocycles. The zero-order valence-electron chi connectivity index (χ0n) is 13.6. The molecule has 0 spiro atoms. The average Bonchev–Trinajstić information content (AvgIpc) is 2.75. The predicted molar refractivity (Wildman–Crippen MR) is 96.8 cm³/mol. The zero-order chi connectivity index (χ0) is 16.9. The highest BCUT2D eigenvalue weighted by Crippen LogP contribution is 2.33. The first-order valence-electron chi connectivity index (χ1n) is 7.94. The summed E-state index contributed by atoms with van der Waals surface area (Å²) >= 11 is 1.63. The lowest BCUT2D eigenvalue weighted by Gasteiger charge is -2.20. The Kier molecular flexibility index (Phi) is 5.20. The van der Waals surface area contributed by atoms with Gasteiger partial charge in [0.25, 0.3) is 0 Å². The molecule has 1 atom stereocenters. The SMILES string of the molecule is CN(Cc1ccccc1)C(=O)CC1CSc2ccccc2NC1=O. The molecule has 1 N–H and O–H groups in total. The minimum absolute atomic E-state index is 0.00874. The second-order valence-corrected chi connectivity index (χ2v) is 6.99. The van der Waals surface area contributed by atoms with E-state index in [2.05, 4.69) is 5.32 Å². The maximum absolute atomic E-state index is 12.5. The van der Waals surface area contributed by atoms with Crippen molar-refractivity contribution in [2.45, 2.75) is 17.9 Å². The number of hydrogen-bond donors (Lipinski definition) is 1. The van der Waals surface area contributed by atoms with Gasteiger partial charge in [0, 0.05) is 30.7 Å². The summed E-state index contributed by atoms with van der Waals surface area (Å²) in [7, 11) is 1.78. The topological polar surface area (TPSA) is 49.4 Å². The van der Waals surface area contributed by atoms with Gasteiger partial charge in [0.1, 0.15) is 0 Å². The number of nitrogens with zero attached hydrogens (tertiary/aromatic N) is 1. The Balaban J connectivity index is 1.61. The highest BCUT2D eigenvalue weighted by Gasteiger charge is 2.27. The van der Waals surface area contributed by atoms with Gasteiger partial charge < -0.3 is 10.2 Å². The number of anilines is 1. The molecule has 1 aliphatic heterocycles. The average molecular weight is 340 g/mol. The Morgan fingerprint density at radius 2 is 1.88 bits per heavy atom. The number of rotatable bonds is 4. The Labute approximate surface area is 146 Å². The standard InChI is InChI=1S/C19H20N2O2S/c1-21(12-14-7-3-2-4-8-14)18(22)11-15-13-24-17-10-6-5-9-16(17)20-19(15)23/h2-10,15H,11-13H2,1H3,(H,20,23). The Morgan fingerprint density at radius 3 is 2.67 bits per heavy atom. The third-order valence-electron chi connectivity index (χ3n) is 4.07. The highest BCUT2D eigenvalue weighted by molar-refractivity contribution is 7.99.